The molecule has 0 heterocycles. The Morgan fingerprint density at radius 3 is 2.50 bits per heavy atom. The third kappa shape index (κ3) is 4.03. The first-order chi connectivity index (χ1) is 11.3. The molecule has 0 saturated heterocycles. The van der Waals surface area contributed by atoms with Gasteiger partial charge in [-0.2, -0.15) is 0 Å². The van der Waals surface area contributed by atoms with E-state index in [1.54, 1.807) is 6.92 Å². The molecular weight excluding hydrogens is 322 g/mol. The second-order valence-corrected chi connectivity index (χ2v) is 5.08. The maximum absolute atomic E-state index is 13.1. The van der Waals surface area contributed by atoms with E-state index in [9.17, 15) is 23.7 Å². The number of nitro groups is 1. The quantitative estimate of drug-likeness (QED) is 0.668. The molecule has 0 unspecified atom stereocenters. The highest BCUT2D eigenvalue weighted by atomic mass is 19.2. The van der Waals surface area contributed by atoms with Crippen molar-refractivity contribution >= 4 is 17.3 Å². The van der Waals surface area contributed by atoms with E-state index in [0.29, 0.717) is 5.56 Å². The summed E-state index contributed by atoms with van der Waals surface area (Å²) >= 11 is 0. The number of halogens is 2. The van der Waals surface area contributed by atoms with Crippen molar-refractivity contribution < 1.29 is 23.2 Å². The molecule has 0 aliphatic rings. The highest BCUT2D eigenvalue weighted by Gasteiger charge is 2.17. The Morgan fingerprint density at radius 1 is 1.21 bits per heavy atom. The fourth-order valence-electron chi connectivity index (χ4n) is 1.98. The minimum atomic E-state index is -1.08. The number of benzene rings is 2. The lowest BCUT2D eigenvalue weighted by atomic mass is 10.2. The number of nitro benzene ring substituents is 1. The van der Waals surface area contributed by atoms with Crippen LogP contribution >= 0.6 is 0 Å². The topological polar surface area (TPSA) is 81.5 Å². The van der Waals surface area contributed by atoms with Crippen LogP contribution in [-0.2, 0) is 4.79 Å². The summed E-state index contributed by atoms with van der Waals surface area (Å²) in [6, 6.07) is 7.09. The van der Waals surface area contributed by atoms with Crippen LogP contribution in [0.5, 0.6) is 5.75 Å². The lowest BCUT2D eigenvalue weighted by Crippen LogP contribution is -2.30. The Balaban J connectivity index is 2.04. The molecule has 126 valence electrons. The van der Waals surface area contributed by atoms with Gasteiger partial charge in [-0.1, -0.05) is 0 Å². The first kappa shape index (κ1) is 17.3. The molecule has 0 spiro atoms. The second kappa shape index (κ2) is 7.03. The average Bonchev–Trinajstić information content (AvgIpc) is 2.50. The van der Waals surface area contributed by atoms with Gasteiger partial charge < -0.3 is 10.1 Å². The van der Waals surface area contributed by atoms with Crippen molar-refractivity contribution in [2.24, 2.45) is 0 Å². The molecule has 0 aliphatic carbocycles. The van der Waals surface area contributed by atoms with Crippen LogP contribution in [0, 0.1) is 28.7 Å². The predicted octanol–water partition coefficient (Wildman–Crippen LogP) is 3.59. The van der Waals surface area contributed by atoms with Crippen molar-refractivity contribution in [1.82, 2.24) is 0 Å². The van der Waals surface area contributed by atoms with E-state index in [1.165, 1.54) is 31.2 Å². The number of ether oxygens (including phenoxy) is 1. The van der Waals surface area contributed by atoms with Gasteiger partial charge in [-0.3, -0.25) is 14.9 Å². The number of carbonyl (C=O) groups is 1. The third-order valence-electron chi connectivity index (χ3n) is 3.23. The molecule has 24 heavy (non-hydrogen) atoms. The summed E-state index contributed by atoms with van der Waals surface area (Å²) < 4.78 is 31.4. The summed E-state index contributed by atoms with van der Waals surface area (Å²) in [5.74, 6) is -2.38. The molecule has 6 nitrogen and oxygen atoms in total. The summed E-state index contributed by atoms with van der Waals surface area (Å²) in [5, 5.41) is 13.2. The number of carbonyl (C=O) groups excluding carboxylic acids is 1. The van der Waals surface area contributed by atoms with Crippen LogP contribution in [0.1, 0.15) is 12.5 Å². The molecule has 0 radical (unpaired) electrons. The zero-order valence-electron chi connectivity index (χ0n) is 12.9. The monoisotopic (exact) mass is 336 g/mol. The lowest BCUT2D eigenvalue weighted by molar-refractivity contribution is -0.385. The van der Waals surface area contributed by atoms with E-state index >= 15 is 0 Å². The van der Waals surface area contributed by atoms with E-state index in [4.69, 9.17) is 4.74 Å². The standard InChI is InChI=1S/C16H14F2N2O4/c1-9-7-12(4-6-15(9)20(22)23)24-10(2)16(21)19-11-3-5-13(17)14(18)8-11/h3-8,10H,1-2H3,(H,19,21)/t10-/m0/s1. The Labute approximate surface area is 136 Å². The zero-order chi connectivity index (χ0) is 17.9. The Bertz CT molecular complexity index is 796. The molecule has 0 aromatic heterocycles. The van der Waals surface area contributed by atoms with Crippen LogP contribution in [-0.4, -0.2) is 16.9 Å². The van der Waals surface area contributed by atoms with Gasteiger partial charge in [0.1, 0.15) is 5.75 Å². The molecule has 0 bridgehead atoms. The molecule has 2 aromatic carbocycles. The van der Waals surface area contributed by atoms with E-state index in [0.717, 1.165) is 12.1 Å². The van der Waals surface area contributed by atoms with Gasteiger partial charge in [0.25, 0.3) is 11.6 Å². The van der Waals surface area contributed by atoms with E-state index < -0.39 is 28.6 Å². The van der Waals surface area contributed by atoms with Crippen LogP contribution in [0.2, 0.25) is 0 Å². The first-order valence-electron chi connectivity index (χ1n) is 6.95. The van der Waals surface area contributed by atoms with Gasteiger partial charge >= 0.3 is 0 Å². The van der Waals surface area contributed by atoms with Gasteiger partial charge in [0, 0.05) is 23.4 Å². The molecule has 1 amide bonds. The summed E-state index contributed by atoms with van der Waals surface area (Å²) in [6.45, 7) is 3.02. The summed E-state index contributed by atoms with van der Waals surface area (Å²) in [6.07, 6.45) is -0.945. The van der Waals surface area contributed by atoms with Crippen molar-refractivity contribution in [1.29, 1.82) is 0 Å². The van der Waals surface area contributed by atoms with E-state index in [1.807, 2.05) is 0 Å². The lowest BCUT2D eigenvalue weighted by Gasteiger charge is -2.15. The van der Waals surface area contributed by atoms with Gasteiger partial charge in [-0.15, -0.1) is 0 Å². The fraction of sp³-hybridized carbons (Fsp3) is 0.188. The highest BCUT2D eigenvalue weighted by molar-refractivity contribution is 5.94. The van der Waals surface area contributed by atoms with Crippen molar-refractivity contribution in [3.8, 4) is 5.75 Å². The molecule has 8 heteroatoms. The maximum Gasteiger partial charge on any atom is 0.272 e. The smallest absolute Gasteiger partial charge is 0.272 e. The number of amides is 1. The van der Waals surface area contributed by atoms with Crippen LogP contribution in [0.4, 0.5) is 20.2 Å². The maximum atomic E-state index is 13.1. The SMILES string of the molecule is Cc1cc(O[C@@H](C)C(=O)Nc2ccc(F)c(F)c2)ccc1[N+](=O)[O-]. The number of nitrogens with zero attached hydrogens (tertiary/aromatic N) is 1. The Kier molecular flexibility index (Phi) is 5.08. The molecule has 2 aromatic rings. The minimum Gasteiger partial charge on any atom is -0.481 e. The largest absolute Gasteiger partial charge is 0.481 e. The number of rotatable bonds is 5. The average molecular weight is 336 g/mol. The highest BCUT2D eigenvalue weighted by Crippen LogP contribution is 2.24. The van der Waals surface area contributed by atoms with Crippen molar-refractivity contribution in [2.75, 3.05) is 5.32 Å². The Morgan fingerprint density at radius 2 is 1.92 bits per heavy atom. The molecular formula is C16H14F2N2O4. The van der Waals surface area contributed by atoms with Gasteiger partial charge in [0.15, 0.2) is 17.7 Å². The van der Waals surface area contributed by atoms with E-state index in [2.05, 4.69) is 5.32 Å². The van der Waals surface area contributed by atoms with E-state index in [-0.39, 0.29) is 17.1 Å². The molecule has 2 rings (SSSR count). The summed E-state index contributed by atoms with van der Waals surface area (Å²) in [5.41, 5.74) is 0.432. The molecule has 0 aliphatic heterocycles. The molecule has 0 saturated carbocycles. The number of nitrogens with one attached hydrogen (secondary N) is 1. The zero-order valence-corrected chi connectivity index (χ0v) is 12.9. The summed E-state index contributed by atoms with van der Waals surface area (Å²) in [7, 11) is 0. The summed E-state index contributed by atoms with van der Waals surface area (Å²) in [4.78, 5) is 22.3. The Hall–Kier alpha value is -3.03. The van der Waals surface area contributed by atoms with Crippen molar-refractivity contribution in [3.63, 3.8) is 0 Å². The first-order valence-corrected chi connectivity index (χ1v) is 6.95. The third-order valence-corrected chi connectivity index (χ3v) is 3.23. The molecule has 0 fully saturated rings. The minimum absolute atomic E-state index is 0.0544. The van der Waals surface area contributed by atoms with Crippen LogP contribution in [0.3, 0.4) is 0 Å². The fourth-order valence-corrected chi connectivity index (χ4v) is 1.98. The molecule has 1 N–H and O–H groups in total. The second-order valence-electron chi connectivity index (χ2n) is 5.08. The predicted molar refractivity (Wildman–Crippen MR) is 82.9 cm³/mol. The van der Waals surface area contributed by atoms with Crippen LogP contribution in [0.25, 0.3) is 0 Å². The number of anilines is 1. The van der Waals surface area contributed by atoms with Gasteiger partial charge in [-0.25, -0.2) is 8.78 Å². The van der Waals surface area contributed by atoms with Crippen molar-refractivity contribution in [2.45, 2.75) is 20.0 Å². The number of hydrogen-bond acceptors (Lipinski definition) is 4. The normalized spacial score (nSPS) is 11.7. The van der Waals surface area contributed by atoms with Crippen molar-refractivity contribution in [3.05, 3.63) is 63.7 Å². The number of aryl methyl sites for hydroxylation is 1. The van der Waals surface area contributed by atoms with Gasteiger partial charge in [0.2, 0.25) is 0 Å². The van der Waals surface area contributed by atoms with Crippen LogP contribution in [0.15, 0.2) is 36.4 Å². The molecule has 1 atom stereocenters. The number of hydrogen-bond donors (Lipinski definition) is 1. The van der Waals surface area contributed by atoms with Crippen LogP contribution < -0.4 is 10.1 Å². The van der Waals surface area contributed by atoms with Gasteiger partial charge in [0.05, 0.1) is 4.92 Å². The van der Waals surface area contributed by atoms with Gasteiger partial charge in [-0.05, 0) is 38.1 Å².